The molecule has 4 atom stereocenters. The van der Waals surface area contributed by atoms with Crippen molar-refractivity contribution >= 4 is 5.97 Å². The lowest BCUT2D eigenvalue weighted by atomic mass is 9.98. The minimum atomic E-state index is -1.29. The summed E-state index contributed by atoms with van der Waals surface area (Å²) in [5.74, 6) is 0.383. The van der Waals surface area contributed by atoms with Crippen molar-refractivity contribution in [2.45, 2.75) is 82.6 Å². The first kappa shape index (κ1) is 20.6. The zero-order valence-electron chi connectivity index (χ0n) is 15.2. The predicted octanol–water partition coefficient (Wildman–Crippen LogP) is 3.52. The topological polar surface area (TPSA) is 90.9 Å². The van der Waals surface area contributed by atoms with E-state index in [1.807, 2.05) is 13.0 Å². The van der Waals surface area contributed by atoms with Crippen molar-refractivity contribution in [3.05, 3.63) is 35.3 Å². The molecule has 0 saturated heterocycles. The Morgan fingerprint density at radius 1 is 1.42 bits per heavy atom. The summed E-state index contributed by atoms with van der Waals surface area (Å²) in [6.45, 7) is 1.98. The zero-order chi connectivity index (χ0) is 19.1. The van der Waals surface area contributed by atoms with Gasteiger partial charge in [-0.2, -0.15) is 0 Å². The molecule has 0 radical (unpaired) electrons. The number of carboxylic acid groups (broad SMARTS) is 1. The molecule has 0 spiro atoms. The second kappa shape index (κ2) is 9.88. The van der Waals surface area contributed by atoms with E-state index in [1.54, 1.807) is 6.08 Å². The van der Waals surface area contributed by atoms with Gasteiger partial charge in [0.15, 0.2) is 0 Å². The van der Waals surface area contributed by atoms with Gasteiger partial charge in [-0.05, 0) is 25.3 Å². The largest absolute Gasteiger partial charge is 0.481 e. The lowest BCUT2D eigenvalue weighted by molar-refractivity contribution is -0.137. The van der Waals surface area contributed by atoms with Gasteiger partial charge in [0.2, 0.25) is 0 Å². The lowest BCUT2D eigenvalue weighted by Gasteiger charge is -2.14. The van der Waals surface area contributed by atoms with Crippen molar-refractivity contribution in [2.75, 3.05) is 0 Å². The van der Waals surface area contributed by atoms with E-state index in [4.69, 9.17) is 9.52 Å². The second-order valence-corrected chi connectivity index (χ2v) is 7.02. The summed E-state index contributed by atoms with van der Waals surface area (Å²) >= 11 is 0. The molecule has 1 aliphatic carbocycles. The summed E-state index contributed by atoms with van der Waals surface area (Å²) < 4.78 is 19.6. The van der Waals surface area contributed by atoms with Gasteiger partial charge >= 0.3 is 5.97 Å². The Bertz CT molecular complexity index is 609. The highest BCUT2D eigenvalue weighted by atomic mass is 19.1. The Labute approximate surface area is 153 Å². The van der Waals surface area contributed by atoms with Gasteiger partial charge in [-0.15, -0.1) is 0 Å². The molecule has 3 N–H and O–H groups in total. The molecule has 146 valence electrons. The third-order valence-corrected chi connectivity index (χ3v) is 4.84. The number of furan rings is 1. The molecule has 1 unspecified atom stereocenters. The number of hydrogen-bond donors (Lipinski definition) is 3. The molecule has 0 bridgehead atoms. The Hall–Kier alpha value is -1.66. The van der Waals surface area contributed by atoms with Crippen LogP contribution in [0.4, 0.5) is 4.39 Å². The van der Waals surface area contributed by atoms with E-state index >= 15 is 0 Å². The van der Waals surface area contributed by atoms with Crippen molar-refractivity contribution in [1.82, 2.24) is 0 Å². The van der Waals surface area contributed by atoms with Crippen LogP contribution >= 0.6 is 0 Å². The number of aliphatic carboxylic acids is 1. The highest BCUT2D eigenvalue weighted by molar-refractivity contribution is 5.66. The number of halogens is 1. The fourth-order valence-corrected chi connectivity index (χ4v) is 3.32. The summed E-state index contributed by atoms with van der Waals surface area (Å²) in [5.41, 5.74) is 0.873. The predicted molar refractivity (Wildman–Crippen MR) is 95.9 cm³/mol. The van der Waals surface area contributed by atoms with Gasteiger partial charge in [-0.1, -0.05) is 31.9 Å². The van der Waals surface area contributed by atoms with Crippen molar-refractivity contribution in [3.63, 3.8) is 0 Å². The monoisotopic (exact) mass is 368 g/mol. The van der Waals surface area contributed by atoms with Crippen molar-refractivity contribution in [2.24, 2.45) is 0 Å². The molecule has 1 aromatic heterocycles. The number of unbranched alkanes of at least 4 members (excludes halogenated alkanes) is 2. The highest BCUT2D eigenvalue weighted by Crippen LogP contribution is 2.37. The number of hydrogen-bond acceptors (Lipinski definition) is 4. The van der Waals surface area contributed by atoms with Crippen molar-refractivity contribution < 1.29 is 28.9 Å². The number of aliphatic hydroxyl groups is 2. The standard InChI is InChI=1S/C20H29FO5/c1-2-3-7-16(21)17(22)10-9-14-15-11-13(6-4-5-8-20(24)25)26-19(15)12-18(14)23/h9-11,14,16-18,22-23H,2-8,12H2,1H3,(H,24,25)/t14-,16?,17-,18-/m1/s1. The molecule has 5 nitrogen and oxygen atoms in total. The number of carbonyl (C=O) groups is 1. The Morgan fingerprint density at radius 2 is 2.19 bits per heavy atom. The number of aliphatic hydroxyl groups excluding tert-OH is 2. The summed E-state index contributed by atoms with van der Waals surface area (Å²) in [6.07, 6.45) is 4.45. The van der Waals surface area contributed by atoms with Gasteiger partial charge in [0, 0.05) is 30.7 Å². The molecule has 0 aliphatic heterocycles. The average molecular weight is 368 g/mol. The van der Waals surface area contributed by atoms with Crippen LogP contribution in [-0.2, 0) is 17.6 Å². The summed E-state index contributed by atoms with van der Waals surface area (Å²) in [5, 5.41) is 28.8. The highest BCUT2D eigenvalue weighted by Gasteiger charge is 2.33. The van der Waals surface area contributed by atoms with Crippen LogP contribution in [0.3, 0.4) is 0 Å². The minimum Gasteiger partial charge on any atom is -0.481 e. The average Bonchev–Trinajstić information content (AvgIpc) is 3.10. The smallest absolute Gasteiger partial charge is 0.303 e. The SMILES string of the molecule is CCCCC(F)[C@H](O)C=C[C@@H]1c2cc(CCCCC(=O)O)oc2C[C@H]1O. The van der Waals surface area contributed by atoms with E-state index in [2.05, 4.69) is 0 Å². The van der Waals surface area contributed by atoms with E-state index in [9.17, 15) is 19.4 Å². The maximum atomic E-state index is 13.9. The maximum absolute atomic E-state index is 13.9. The summed E-state index contributed by atoms with van der Waals surface area (Å²) in [7, 11) is 0. The number of carboxylic acids is 1. The summed E-state index contributed by atoms with van der Waals surface area (Å²) in [4.78, 5) is 10.5. The van der Waals surface area contributed by atoms with Crippen LogP contribution in [0.1, 0.15) is 68.5 Å². The lowest BCUT2D eigenvalue weighted by Crippen LogP contribution is -2.20. The Kier molecular flexibility index (Phi) is 7.85. The van der Waals surface area contributed by atoms with Gasteiger partial charge in [0.25, 0.3) is 0 Å². The van der Waals surface area contributed by atoms with Gasteiger partial charge in [-0.25, -0.2) is 4.39 Å². The van der Waals surface area contributed by atoms with E-state index in [0.29, 0.717) is 25.7 Å². The second-order valence-electron chi connectivity index (χ2n) is 7.02. The molecule has 0 fully saturated rings. The maximum Gasteiger partial charge on any atom is 0.303 e. The number of fused-ring (bicyclic) bond motifs is 1. The van der Waals surface area contributed by atoms with Crippen molar-refractivity contribution in [3.8, 4) is 0 Å². The Morgan fingerprint density at radius 3 is 2.88 bits per heavy atom. The van der Waals surface area contributed by atoms with Crippen LogP contribution in [0.5, 0.6) is 0 Å². The van der Waals surface area contributed by atoms with E-state index < -0.39 is 24.3 Å². The molecule has 26 heavy (non-hydrogen) atoms. The molecule has 0 aromatic carbocycles. The molecule has 1 heterocycles. The van der Waals surface area contributed by atoms with E-state index in [0.717, 1.165) is 36.3 Å². The quantitative estimate of drug-likeness (QED) is 0.411. The van der Waals surface area contributed by atoms with Gasteiger partial charge in [0.1, 0.15) is 23.8 Å². The van der Waals surface area contributed by atoms with Gasteiger partial charge in [0.05, 0.1) is 6.10 Å². The van der Waals surface area contributed by atoms with Crippen LogP contribution in [0.15, 0.2) is 22.6 Å². The number of aryl methyl sites for hydroxylation is 1. The fraction of sp³-hybridized carbons (Fsp3) is 0.650. The van der Waals surface area contributed by atoms with Crippen molar-refractivity contribution in [1.29, 1.82) is 0 Å². The van der Waals surface area contributed by atoms with E-state index in [1.165, 1.54) is 6.08 Å². The molecule has 1 aliphatic rings. The normalized spacial score (nSPS) is 21.8. The number of rotatable bonds is 11. The third-order valence-electron chi connectivity index (χ3n) is 4.84. The van der Waals surface area contributed by atoms with E-state index in [-0.39, 0.29) is 12.3 Å². The van der Waals surface area contributed by atoms with Crippen LogP contribution in [-0.4, -0.2) is 39.7 Å². The molecule has 0 saturated carbocycles. The molecular weight excluding hydrogens is 339 g/mol. The van der Waals surface area contributed by atoms with Crippen LogP contribution < -0.4 is 0 Å². The van der Waals surface area contributed by atoms with Crippen LogP contribution in [0, 0.1) is 0 Å². The van der Waals surface area contributed by atoms with Gasteiger partial charge < -0.3 is 19.7 Å². The molecule has 6 heteroatoms. The number of alkyl halides is 1. The zero-order valence-corrected chi connectivity index (χ0v) is 15.2. The Balaban J connectivity index is 1.93. The molecule has 2 rings (SSSR count). The first-order chi connectivity index (χ1) is 12.4. The fourth-order valence-electron chi connectivity index (χ4n) is 3.32. The first-order valence-corrected chi connectivity index (χ1v) is 9.44. The molecular formula is C20H29FO5. The summed E-state index contributed by atoms with van der Waals surface area (Å²) in [6, 6.07) is 1.89. The molecule has 1 aromatic rings. The van der Waals surface area contributed by atoms with Crippen LogP contribution in [0.25, 0.3) is 0 Å². The molecule has 0 amide bonds. The van der Waals surface area contributed by atoms with Gasteiger partial charge in [-0.3, -0.25) is 4.79 Å². The third kappa shape index (κ3) is 5.68. The first-order valence-electron chi connectivity index (χ1n) is 9.44. The van der Waals surface area contributed by atoms with Crippen LogP contribution in [0.2, 0.25) is 0 Å². The minimum absolute atomic E-state index is 0.144.